The van der Waals surface area contributed by atoms with Gasteiger partial charge in [-0.05, 0) is 6.92 Å². The highest BCUT2D eigenvalue weighted by molar-refractivity contribution is 7.09. The van der Waals surface area contributed by atoms with Crippen LogP contribution in [0.3, 0.4) is 0 Å². The van der Waals surface area contributed by atoms with E-state index in [4.69, 9.17) is 0 Å². The molecule has 0 aliphatic heterocycles. The number of amides is 2. The van der Waals surface area contributed by atoms with Gasteiger partial charge in [0.1, 0.15) is 6.33 Å². The highest BCUT2D eigenvalue weighted by atomic mass is 32.1. The molecule has 2 amide bonds. The van der Waals surface area contributed by atoms with Crippen LogP contribution < -0.4 is 10.6 Å². The van der Waals surface area contributed by atoms with E-state index < -0.39 is 0 Å². The molecule has 0 aliphatic rings. The molecule has 120 valence electrons. The average Bonchev–Trinajstić information content (AvgIpc) is 3.07. The minimum atomic E-state index is -0.213. The third kappa shape index (κ3) is 4.27. The standard InChI is InChI=1S/C14H22N6OS/c1-9(2)13-18-11(7-22-13)5-6-15-14(21)17-10(3)12-19-16-8-20(12)4/h7-10H,5-6H2,1-4H3,(H2,15,17,21). The summed E-state index contributed by atoms with van der Waals surface area (Å²) in [5.41, 5.74) is 1.02. The van der Waals surface area contributed by atoms with E-state index in [2.05, 4.69) is 45.0 Å². The summed E-state index contributed by atoms with van der Waals surface area (Å²) in [5.74, 6) is 1.17. The fraction of sp³-hybridized carbons (Fsp3) is 0.571. The van der Waals surface area contributed by atoms with Gasteiger partial charge >= 0.3 is 6.03 Å². The van der Waals surface area contributed by atoms with Gasteiger partial charge in [0.15, 0.2) is 5.82 Å². The van der Waals surface area contributed by atoms with E-state index in [-0.39, 0.29) is 12.1 Å². The number of hydrogen-bond acceptors (Lipinski definition) is 5. The Morgan fingerprint density at radius 1 is 1.41 bits per heavy atom. The molecule has 22 heavy (non-hydrogen) atoms. The Labute approximate surface area is 134 Å². The summed E-state index contributed by atoms with van der Waals surface area (Å²) in [6, 6.07) is -0.408. The van der Waals surface area contributed by atoms with Gasteiger partial charge in [0.05, 0.1) is 16.7 Å². The van der Waals surface area contributed by atoms with Crippen LogP contribution in [0.15, 0.2) is 11.7 Å². The molecule has 0 bridgehead atoms. The van der Waals surface area contributed by atoms with E-state index in [0.717, 1.165) is 22.9 Å². The molecule has 2 N–H and O–H groups in total. The van der Waals surface area contributed by atoms with Crippen molar-refractivity contribution in [2.24, 2.45) is 7.05 Å². The summed E-state index contributed by atoms with van der Waals surface area (Å²) in [4.78, 5) is 16.4. The fourth-order valence-corrected chi connectivity index (χ4v) is 2.87. The number of carbonyl (C=O) groups excluding carboxylic acids is 1. The Hall–Kier alpha value is -1.96. The molecule has 1 unspecified atom stereocenters. The van der Waals surface area contributed by atoms with Gasteiger partial charge in [-0.2, -0.15) is 0 Å². The number of aryl methyl sites for hydroxylation is 1. The van der Waals surface area contributed by atoms with Crippen molar-refractivity contribution in [1.82, 2.24) is 30.4 Å². The second-order valence-electron chi connectivity index (χ2n) is 5.50. The topological polar surface area (TPSA) is 84.7 Å². The SMILES string of the molecule is CC(C)c1nc(CCNC(=O)NC(C)c2nncn2C)cs1. The molecule has 2 aromatic rings. The van der Waals surface area contributed by atoms with Crippen molar-refractivity contribution >= 4 is 17.4 Å². The molecule has 0 radical (unpaired) electrons. The summed E-state index contributed by atoms with van der Waals surface area (Å²) < 4.78 is 1.79. The van der Waals surface area contributed by atoms with E-state index in [1.54, 1.807) is 22.2 Å². The van der Waals surface area contributed by atoms with Crippen LogP contribution in [-0.4, -0.2) is 32.3 Å². The molecule has 0 fully saturated rings. The van der Waals surface area contributed by atoms with Gasteiger partial charge in [0.2, 0.25) is 0 Å². The number of urea groups is 1. The van der Waals surface area contributed by atoms with Crippen molar-refractivity contribution in [3.8, 4) is 0 Å². The van der Waals surface area contributed by atoms with Crippen molar-refractivity contribution in [3.05, 3.63) is 28.2 Å². The maximum Gasteiger partial charge on any atom is 0.315 e. The first-order valence-corrected chi connectivity index (χ1v) is 8.18. The summed E-state index contributed by atoms with van der Waals surface area (Å²) in [6.07, 6.45) is 2.34. The number of aromatic nitrogens is 4. The zero-order chi connectivity index (χ0) is 16.1. The van der Waals surface area contributed by atoms with Crippen molar-refractivity contribution in [1.29, 1.82) is 0 Å². The summed E-state index contributed by atoms with van der Waals surface area (Å²) in [6.45, 7) is 6.68. The van der Waals surface area contributed by atoms with Gasteiger partial charge in [-0.15, -0.1) is 21.5 Å². The lowest BCUT2D eigenvalue weighted by Gasteiger charge is -2.13. The van der Waals surface area contributed by atoms with Crippen LogP contribution in [0.25, 0.3) is 0 Å². The molecule has 2 heterocycles. The number of rotatable bonds is 6. The predicted octanol–water partition coefficient (Wildman–Crippen LogP) is 2.00. The number of hydrogen-bond donors (Lipinski definition) is 2. The highest BCUT2D eigenvalue weighted by Gasteiger charge is 2.14. The van der Waals surface area contributed by atoms with E-state index in [0.29, 0.717) is 12.5 Å². The number of nitrogens with one attached hydrogen (secondary N) is 2. The highest BCUT2D eigenvalue weighted by Crippen LogP contribution is 2.19. The molecule has 2 aromatic heterocycles. The summed E-state index contributed by atoms with van der Waals surface area (Å²) in [7, 11) is 1.85. The molecule has 0 saturated carbocycles. The van der Waals surface area contributed by atoms with Crippen LogP contribution in [0.1, 0.15) is 49.3 Å². The average molecular weight is 322 g/mol. The largest absolute Gasteiger partial charge is 0.338 e. The number of nitrogens with zero attached hydrogens (tertiary/aromatic N) is 4. The zero-order valence-electron chi connectivity index (χ0n) is 13.3. The molecule has 0 saturated heterocycles. The lowest BCUT2D eigenvalue weighted by molar-refractivity contribution is 0.237. The first-order valence-electron chi connectivity index (χ1n) is 7.30. The first kappa shape index (κ1) is 16.4. The smallest absolute Gasteiger partial charge is 0.315 e. The van der Waals surface area contributed by atoms with Gasteiger partial charge < -0.3 is 15.2 Å². The van der Waals surface area contributed by atoms with Crippen LogP contribution in [-0.2, 0) is 13.5 Å². The third-order valence-electron chi connectivity index (χ3n) is 3.21. The fourth-order valence-electron chi connectivity index (χ4n) is 2.00. The maximum absolute atomic E-state index is 11.9. The van der Waals surface area contributed by atoms with Crippen molar-refractivity contribution in [3.63, 3.8) is 0 Å². The van der Waals surface area contributed by atoms with Crippen LogP contribution in [0.4, 0.5) is 4.79 Å². The third-order valence-corrected chi connectivity index (χ3v) is 4.41. The quantitative estimate of drug-likeness (QED) is 0.852. The van der Waals surface area contributed by atoms with E-state index >= 15 is 0 Å². The summed E-state index contributed by atoms with van der Waals surface area (Å²) >= 11 is 1.67. The normalized spacial score (nSPS) is 12.4. The monoisotopic (exact) mass is 322 g/mol. The van der Waals surface area contributed by atoms with Gasteiger partial charge in [0.25, 0.3) is 0 Å². The number of carbonyl (C=O) groups is 1. The van der Waals surface area contributed by atoms with Gasteiger partial charge in [-0.25, -0.2) is 9.78 Å². The lowest BCUT2D eigenvalue weighted by Crippen LogP contribution is -2.38. The Balaban J connectivity index is 1.74. The summed E-state index contributed by atoms with van der Waals surface area (Å²) in [5, 5.41) is 16.6. The van der Waals surface area contributed by atoms with E-state index in [1.165, 1.54) is 0 Å². The molecule has 1 atom stereocenters. The zero-order valence-corrected chi connectivity index (χ0v) is 14.1. The Morgan fingerprint density at radius 3 is 2.77 bits per heavy atom. The number of thiazole rings is 1. The second-order valence-corrected chi connectivity index (χ2v) is 6.39. The van der Waals surface area contributed by atoms with Crippen molar-refractivity contribution < 1.29 is 4.79 Å². The molecular formula is C14H22N6OS. The Bertz CT molecular complexity index is 620. The van der Waals surface area contributed by atoms with Gasteiger partial charge in [-0.3, -0.25) is 0 Å². The second kappa shape index (κ2) is 7.35. The van der Waals surface area contributed by atoms with Gasteiger partial charge in [-0.1, -0.05) is 13.8 Å². The van der Waals surface area contributed by atoms with Crippen molar-refractivity contribution in [2.45, 2.75) is 39.2 Å². The van der Waals surface area contributed by atoms with Crippen molar-refractivity contribution in [2.75, 3.05) is 6.54 Å². The van der Waals surface area contributed by atoms with E-state index in [9.17, 15) is 4.79 Å². The molecule has 7 nitrogen and oxygen atoms in total. The van der Waals surface area contributed by atoms with Gasteiger partial charge in [0, 0.05) is 31.3 Å². The molecule has 0 aromatic carbocycles. The molecule has 8 heteroatoms. The first-order chi connectivity index (χ1) is 10.5. The molecule has 2 rings (SSSR count). The molecule has 0 spiro atoms. The minimum Gasteiger partial charge on any atom is -0.338 e. The molecular weight excluding hydrogens is 300 g/mol. The Morgan fingerprint density at radius 2 is 2.18 bits per heavy atom. The molecule has 0 aliphatic carbocycles. The van der Waals surface area contributed by atoms with Crippen LogP contribution in [0.2, 0.25) is 0 Å². The minimum absolute atomic E-state index is 0.195. The van der Waals surface area contributed by atoms with Crippen LogP contribution >= 0.6 is 11.3 Å². The maximum atomic E-state index is 11.9. The predicted molar refractivity (Wildman–Crippen MR) is 85.9 cm³/mol. The Kier molecular flexibility index (Phi) is 5.48. The lowest BCUT2D eigenvalue weighted by atomic mass is 10.2. The van der Waals surface area contributed by atoms with Crippen LogP contribution in [0.5, 0.6) is 0 Å². The van der Waals surface area contributed by atoms with Crippen LogP contribution in [0, 0.1) is 0 Å². The van der Waals surface area contributed by atoms with E-state index in [1.807, 2.05) is 14.0 Å².